The molecule has 1 fully saturated rings. The predicted molar refractivity (Wildman–Crippen MR) is 101 cm³/mol. The lowest BCUT2D eigenvalue weighted by atomic mass is 10.1. The standard InChI is InChI=1S/C20H25N3O4/c1-12-13(2)21-19(22-20(12)25)15-6-5-9-23(15)18(24)11-14-7-8-16(26-3)17(10-14)27-4/h7-8,10,15H,5-6,9,11H2,1-4H3,(H,21,22,25)/t15-/m1/s1. The highest BCUT2D eigenvalue weighted by atomic mass is 16.5. The predicted octanol–water partition coefficient (Wildman–Crippen LogP) is 2.31. The van der Waals surface area contributed by atoms with Crippen LogP contribution in [0.3, 0.4) is 0 Å². The molecular weight excluding hydrogens is 346 g/mol. The van der Waals surface area contributed by atoms with Crippen LogP contribution >= 0.6 is 0 Å². The summed E-state index contributed by atoms with van der Waals surface area (Å²) in [6, 6.07) is 5.29. The average molecular weight is 371 g/mol. The molecule has 0 spiro atoms. The number of carbonyl (C=O) groups excluding carboxylic acids is 1. The molecule has 1 aliphatic heterocycles. The molecule has 1 amide bonds. The minimum Gasteiger partial charge on any atom is -0.493 e. The number of hydrogen-bond acceptors (Lipinski definition) is 5. The number of aromatic nitrogens is 2. The fourth-order valence-electron chi connectivity index (χ4n) is 3.44. The highest BCUT2D eigenvalue weighted by Gasteiger charge is 2.32. The second-order valence-electron chi connectivity index (χ2n) is 6.77. The summed E-state index contributed by atoms with van der Waals surface area (Å²) in [5.41, 5.74) is 2.02. The number of hydrogen-bond donors (Lipinski definition) is 1. The van der Waals surface area contributed by atoms with E-state index in [-0.39, 0.29) is 23.9 Å². The largest absolute Gasteiger partial charge is 0.493 e. The average Bonchev–Trinajstić information content (AvgIpc) is 3.15. The highest BCUT2D eigenvalue weighted by molar-refractivity contribution is 5.79. The molecule has 7 nitrogen and oxygen atoms in total. The number of carbonyl (C=O) groups is 1. The number of benzene rings is 1. The highest BCUT2D eigenvalue weighted by Crippen LogP contribution is 2.31. The van der Waals surface area contributed by atoms with Crippen LogP contribution in [0.15, 0.2) is 23.0 Å². The zero-order valence-electron chi connectivity index (χ0n) is 16.2. The Morgan fingerprint density at radius 3 is 2.67 bits per heavy atom. The third kappa shape index (κ3) is 3.82. The second-order valence-corrected chi connectivity index (χ2v) is 6.77. The number of aromatic amines is 1. The summed E-state index contributed by atoms with van der Waals surface area (Å²) in [6.07, 6.45) is 1.94. The van der Waals surface area contributed by atoms with Gasteiger partial charge in [-0.3, -0.25) is 9.59 Å². The van der Waals surface area contributed by atoms with Gasteiger partial charge in [-0.25, -0.2) is 4.98 Å². The van der Waals surface area contributed by atoms with E-state index in [2.05, 4.69) is 9.97 Å². The Hall–Kier alpha value is -2.83. The van der Waals surface area contributed by atoms with Crippen molar-refractivity contribution in [1.82, 2.24) is 14.9 Å². The Bertz CT molecular complexity index is 907. The first-order chi connectivity index (χ1) is 12.9. The summed E-state index contributed by atoms with van der Waals surface area (Å²) in [4.78, 5) is 34.2. The van der Waals surface area contributed by atoms with Crippen molar-refractivity contribution in [2.75, 3.05) is 20.8 Å². The first kappa shape index (κ1) is 18.9. The van der Waals surface area contributed by atoms with E-state index in [1.165, 1.54) is 0 Å². The van der Waals surface area contributed by atoms with E-state index in [4.69, 9.17) is 9.47 Å². The van der Waals surface area contributed by atoms with Gasteiger partial charge in [-0.15, -0.1) is 0 Å². The Kier molecular flexibility index (Phi) is 5.48. The minimum absolute atomic E-state index is 0.00518. The molecule has 1 aliphatic rings. The van der Waals surface area contributed by atoms with Crippen LogP contribution in [0.25, 0.3) is 0 Å². The Morgan fingerprint density at radius 2 is 2.00 bits per heavy atom. The van der Waals surface area contributed by atoms with E-state index >= 15 is 0 Å². The molecule has 0 unspecified atom stereocenters. The maximum atomic E-state index is 12.9. The molecule has 1 aromatic carbocycles. The smallest absolute Gasteiger partial charge is 0.254 e. The van der Waals surface area contributed by atoms with E-state index in [1.807, 2.05) is 24.0 Å². The zero-order chi connectivity index (χ0) is 19.6. The van der Waals surface area contributed by atoms with Gasteiger partial charge in [0.2, 0.25) is 5.91 Å². The topological polar surface area (TPSA) is 84.5 Å². The molecule has 1 saturated heterocycles. The molecule has 144 valence electrons. The van der Waals surface area contributed by atoms with E-state index in [0.29, 0.717) is 35.1 Å². The first-order valence-electron chi connectivity index (χ1n) is 9.02. The second kappa shape index (κ2) is 7.82. The normalized spacial score (nSPS) is 16.4. The number of ether oxygens (including phenoxy) is 2. The van der Waals surface area contributed by atoms with Gasteiger partial charge in [-0.2, -0.15) is 0 Å². The lowest BCUT2D eigenvalue weighted by Gasteiger charge is -2.24. The molecule has 0 saturated carbocycles. The molecule has 3 rings (SSSR count). The maximum absolute atomic E-state index is 12.9. The fourth-order valence-corrected chi connectivity index (χ4v) is 3.44. The molecule has 1 atom stereocenters. The molecule has 1 aromatic heterocycles. The van der Waals surface area contributed by atoms with Crippen molar-refractivity contribution in [2.24, 2.45) is 0 Å². The van der Waals surface area contributed by atoms with Crippen molar-refractivity contribution in [3.63, 3.8) is 0 Å². The molecule has 0 bridgehead atoms. The van der Waals surface area contributed by atoms with Crippen molar-refractivity contribution in [3.05, 3.63) is 51.2 Å². The molecule has 7 heteroatoms. The third-order valence-electron chi connectivity index (χ3n) is 5.11. The van der Waals surface area contributed by atoms with Crippen LogP contribution in [0, 0.1) is 13.8 Å². The number of aryl methyl sites for hydroxylation is 1. The summed E-state index contributed by atoms with van der Waals surface area (Å²) in [5, 5.41) is 0. The molecule has 2 aromatic rings. The molecule has 0 radical (unpaired) electrons. The summed E-state index contributed by atoms with van der Waals surface area (Å²) in [7, 11) is 3.15. The van der Waals surface area contributed by atoms with Crippen LogP contribution in [0.2, 0.25) is 0 Å². The Labute approximate surface area is 158 Å². The number of amides is 1. The van der Waals surface area contributed by atoms with Gasteiger partial charge in [-0.05, 0) is 44.4 Å². The van der Waals surface area contributed by atoms with Crippen LogP contribution in [-0.2, 0) is 11.2 Å². The van der Waals surface area contributed by atoms with Crippen molar-refractivity contribution < 1.29 is 14.3 Å². The SMILES string of the molecule is COc1ccc(CC(=O)N2CCC[C@@H]2c2nc(C)c(C)c(=O)[nH]2)cc1OC. The van der Waals surface area contributed by atoms with Crippen LogP contribution in [0.5, 0.6) is 11.5 Å². The van der Waals surface area contributed by atoms with Gasteiger partial charge in [0.15, 0.2) is 11.5 Å². The number of H-pyrrole nitrogens is 1. The van der Waals surface area contributed by atoms with Crippen molar-refractivity contribution in [3.8, 4) is 11.5 Å². The maximum Gasteiger partial charge on any atom is 0.254 e. The van der Waals surface area contributed by atoms with Gasteiger partial charge in [0, 0.05) is 17.8 Å². The number of methoxy groups -OCH3 is 2. The lowest BCUT2D eigenvalue weighted by molar-refractivity contribution is -0.131. The van der Waals surface area contributed by atoms with Crippen molar-refractivity contribution in [1.29, 1.82) is 0 Å². The minimum atomic E-state index is -0.190. The van der Waals surface area contributed by atoms with Gasteiger partial charge in [-0.1, -0.05) is 6.07 Å². The summed E-state index contributed by atoms with van der Waals surface area (Å²) < 4.78 is 10.6. The van der Waals surface area contributed by atoms with E-state index < -0.39 is 0 Å². The van der Waals surface area contributed by atoms with Gasteiger partial charge in [0.05, 0.1) is 26.7 Å². The number of likely N-dealkylation sites (tertiary alicyclic amines) is 1. The van der Waals surface area contributed by atoms with E-state index in [9.17, 15) is 9.59 Å². The van der Waals surface area contributed by atoms with Crippen molar-refractivity contribution in [2.45, 2.75) is 39.2 Å². The zero-order valence-corrected chi connectivity index (χ0v) is 16.2. The lowest BCUT2D eigenvalue weighted by Crippen LogP contribution is -2.34. The van der Waals surface area contributed by atoms with Crippen LogP contribution in [0.4, 0.5) is 0 Å². The molecule has 0 aliphatic carbocycles. The summed E-state index contributed by atoms with van der Waals surface area (Å²) >= 11 is 0. The molecule has 1 N–H and O–H groups in total. The van der Waals surface area contributed by atoms with Crippen LogP contribution in [-0.4, -0.2) is 41.5 Å². The van der Waals surface area contributed by atoms with Crippen LogP contribution in [0.1, 0.15) is 41.5 Å². The Morgan fingerprint density at radius 1 is 1.26 bits per heavy atom. The summed E-state index contributed by atoms with van der Waals surface area (Å²) in [6.45, 7) is 4.23. The van der Waals surface area contributed by atoms with Gasteiger partial charge in [0.1, 0.15) is 5.82 Å². The van der Waals surface area contributed by atoms with Gasteiger partial charge < -0.3 is 19.4 Å². The third-order valence-corrected chi connectivity index (χ3v) is 5.11. The molecule has 27 heavy (non-hydrogen) atoms. The van der Waals surface area contributed by atoms with E-state index in [1.54, 1.807) is 27.2 Å². The fraction of sp³-hybridized carbons (Fsp3) is 0.450. The van der Waals surface area contributed by atoms with E-state index in [0.717, 1.165) is 18.4 Å². The number of rotatable bonds is 5. The monoisotopic (exact) mass is 371 g/mol. The first-order valence-corrected chi connectivity index (χ1v) is 9.02. The quantitative estimate of drug-likeness (QED) is 0.872. The number of nitrogens with one attached hydrogen (secondary N) is 1. The van der Waals surface area contributed by atoms with Crippen LogP contribution < -0.4 is 15.0 Å². The Balaban J connectivity index is 1.81. The van der Waals surface area contributed by atoms with Crippen molar-refractivity contribution >= 4 is 5.91 Å². The summed E-state index contributed by atoms with van der Waals surface area (Å²) in [5.74, 6) is 1.80. The number of nitrogens with zero attached hydrogens (tertiary/aromatic N) is 2. The molecule has 2 heterocycles. The molecular formula is C20H25N3O4. The van der Waals surface area contributed by atoms with Gasteiger partial charge >= 0.3 is 0 Å². The van der Waals surface area contributed by atoms with Gasteiger partial charge in [0.25, 0.3) is 5.56 Å².